The van der Waals surface area contributed by atoms with Crippen LogP contribution in [0.1, 0.15) is 44.6 Å². The summed E-state index contributed by atoms with van der Waals surface area (Å²) in [5.74, 6) is 0.718. The third kappa shape index (κ3) is 3.56. The van der Waals surface area contributed by atoms with Crippen LogP contribution in [0.3, 0.4) is 0 Å². The molecule has 1 rings (SSSR count). The molecule has 0 aliphatic rings. The first-order chi connectivity index (χ1) is 7.15. The van der Waals surface area contributed by atoms with Gasteiger partial charge in [-0.05, 0) is 43.7 Å². The molecule has 15 heavy (non-hydrogen) atoms. The summed E-state index contributed by atoms with van der Waals surface area (Å²) in [5, 5.41) is 19.0. The van der Waals surface area contributed by atoms with Crippen molar-refractivity contribution >= 4 is 0 Å². The van der Waals surface area contributed by atoms with E-state index in [9.17, 15) is 10.2 Å². The molecule has 0 saturated carbocycles. The van der Waals surface area contributed by atoms with Crippen molar-refractivity contribution in [3.8, 4) is 5.75 Å². The van der Waals surface area contributed by atoms with E-state index < -0.39 is 0 Å². The summed E-state index contributed by atoms with van der Waals surface area (Å²) in [6.45, 7) is 3.91. The maximum Gasteiger partial charge on any atom is 0.119 e. The molecule has 0 amide bonds. The highest BCUT2D eigenvalue weighted by Gasteiger charge is 2.13. The molecule has 2 heteroatoms. The second kappa shape index (κ2) is 5.76. The van der Waals surface area contributed by atoms with Crippen molar-refractivity contribution in [3.05, 3.63) is 29.8 Å². The summed E-state index contributed by atoms with van der Waals surface area (Å²) < 4.78 is 0. The third-order valence-electron chi connectivity index (χ3n) is 2.80. The Morgan fingerprint density at radius 2 is 1.87 bits per heavy atom. The number of phenols is 1. The molecule has 84 valence electrons. The van der Waals surface area contributed by atoms with Crippen LogP contribution in [0, 0.1) is 0 Å². The monoisotopic (exact) mass is 208 g/mol. The number of hydrogen-bond acceptors (Lipinski definition) is 2. The van der Waals surface area contributed by atoms with Crippen LogP contribution in [0.4, 0.5) is 0 Å². The standard InChI is InChI=1S/C13H20O2/c1-3-11(9-8-10(2)14)12-6-4-5-7-13(12)15/h4-7,10-11,14-15H,3,8-9H2,1-2H3/t10-,11+/m1/s1. The molecule has 0 aromatic heterocycles. The minimum Gasteiger partial charge on any atom is -0.508 e. The fourth-order valence-corrected chi connectivity index (χ4v) is 1.85. The first-order valence-electron chi connectivity index (χ1n) is 5.61. The Bertz CT molecular complexity index is 294. The van der Waals surface area contributed by atoms with Crippen LogP contribution >= 0.6 is 0 Å². The average Bonchev–Trinajstić information content (AvgIpc) is 2.21. The van der Waals surface area contributed by atoms with Gasteiger partial charge in [0, 0.05) is 0 Å². The van der Waals surface area contributed by atoms with Gasteiger partial charge in [0.25, 0.3) is 0 Å². The number of phenolic OH excluding ortho intramolecular Hbond substituents is 1. The van der Waals surface area contributed by atoms with Gasteiger partial charge in [0.2, 0.25) is 0 Å². The number of rotatable bonds is 5. The highest BCUT2D eigenvalue weighted by Crippen LogP contribution is 2.31. The highest BCUT2D eigenvalue weighted by molar-refractivity contribution is 5.34. The number of benzene rings is 1. The Morgan fingerprint density at radius 1 is 1.20 bits per heavy atom. The van der Waals surface area contributed by atoms with Gasteiger partial charge >= 0.3 is 0 Å². The van der Waals surface area contributed by atoms with E-state index in [0.717, 1.165) is 24.8 Å². The number of para-hydroxylation sites is 1. The molecular weight excluding hydrogens is 188 g/mol. The molecule has 0 unspecified atom stereocenters. The average molecular weight is 208 g/mol. The van der Waals surface area contributed by atoms with Gasteiger partial charge in [0.1, 0.15) is 5.75 Å². The number of aliphatic hydroxyl groups is 1. The van der Waals surface area contributed by atoms with Gasteiger partial charge in [-0.25, -0.2) is 0 Å². The topological polar surface area (TPSA) is 40.5 Å². The molecule has 2 N–H and O–H groups in total. The molecule has 1 aromatic rings. The molecular formula is C13H20O2. The van der Waals surface area contributed by atoms with Gasteiger partial charge in [-0.2, -0.15) is 0 Å². The molecule has 0 aliphatic heterocycles. The van der Waals surface area contributed by atoms with Crippen molar-refractivity contribution in [3.63, 3.8) is 0 Å². The van der Waals surface area contributed by atoms with Crippen molar-refractivity contribution in [2.75, 3.05) is 0 Å². The normalized spacial score (nSPS) is 14.9. The zero-order valence-corrected chi connectivity index (χ0v) is 9.48. The first-order valence-corrected chi connectivity index (χ1v) is 5.61. The predicted octanol–water partition coefficient (Wildman–Crippen LogP) is 3.05. The molecule has 0 aliphatic carbocycles. The summed E-state index contributed by atoms with van der Waals surface area (Å²) in [6.07, 6.45) is 2.44. The molecule has 0 saturated heterocycles. The maximum absolute atomic E-state index is 9.71. The summed E-state index contributed by atoms with van der Waals surface area (Å²) in [6, 6.07) is 7.46. The van der Waals surface area contributed by atoms with Gasteiger partial charge < -0.3 is 10.2 Å². The summed E-state index contributed by atoms with van der Waals surface area (Å²) in [4.78, 5) is 0. The van der Waals surface area contributed by atoms with E-state index in [1.54, 1.807) is 13.0 Å². The van der Waals surface area contributed by atoms with Gasteiger partial charge in [-0.15, -0.1) is 0 Å². The van der Waals surface area contributed by atoms with E-state index in [4.69, 9.17) is 0 Å². The molecule has 0 spiro atoms. The second-order valence-corrected chi connectivity index (χ2v) is 4.09. The lowest BCUT2D eigenvalue weighted by molar-refractivity contribution is 0.177. The number of aromatic hydroxyl groups is 1. The van der Waals surface area contributed by atoms with Crippen molar-refractivity contribution < 1.29 is 10.2 Å². The van der Waals surface area contributed by atoms with Crippen LogP contribution in [0.5, 0.6) is 5.75 Å². The minimum atomic E-state index is -0.259. The Labute approximate surface area is 91.6 Å². The van der Waals surface area contributed by atoms with Crippen LogP contribution in [-0.2, 0) is 0 Å². The van der Waals surface area contributed by atoms with Crippen LogP contribution in [0.15, 0.2) is 24.3 Å². The molecule has 0 bridgehead atoms. The Morgan fingerprint density at radius 3 is 2.40 bits per heavy atom. The molecule has 1 aromatic carbocycles. The predicted molar refractivity (Wildman–Crippen MR) is 62.1 cm³/mol. The zero-order valence-electron chi connectivity index (χ0n) is 9.48. The van der Waals surface area contributed by atoms with E-state index in [1.807, 2.05) is 18.2 Å². The lowest BCUT2D eigenvalue weighted by Gasteiger charge is -2.17. The van der Waals surface area contributed by atoms with E-state index in [0.29, 0.717) is 11.7 Å². The van der Waals surface area contributed by atoms with Gasteiger partial charge in [0.15, 0.2) is 0 Å². The van der Waals surface area contributed by atoms with Crippen LogP contribution in [-0.4, -0.2) is 16.3 Å². The maximum atomic E-state index is 9.71. The molecule has 0 heterocycles. The molecule has 0 radical (unpaired) electrons. The molecule has 0 fully saturated rings. The Kier molecular flexibility index (Phi) is 4.63. The van der Waals surface area contributed by atoms with E-state index in [-0.39, 0.29) is 6.10 Å². The van der Waals surface area contributed by atoms with Crippen LogP contribution in [0.25, 0.3) is 0 Å². The highest BCUT2D eigenvalue weighted by atomic mass is 16.3. The van der Waals surface area contributed by atoms with E-state index in [2.05, 4.69) is 6.92 Å². The SMILES string of the molecule is CC[C@@H](CC[C@@H](C)O)c1ccccc1O. The second-order valence-electron chi connectivity index (χ2n) is 4.09. The minimum absolute atomic E-state index is 0.259. The van der Waals surface area contributed by atoms with Crippen molar-refractivity contribution in [2.45, 2.75) is 45.1 Å². The zero-order chi connectivity index (χ0) is 11.3. The molecule has 2 nitrogen and oxygen atoms in total. The Hall–Kier alpha value is -1.02. The largest absolute Gasteiger partial charge is 0.508 e. The van der Waals surface area contributed by atoms with Crippen LogP contribution in [0.2, 0.25) is 0 Å². The fraction of sp³-hybridized carbons (Fsp3) is 0.538. The fourth-order valence-electron chi connectivity index (χ4n) is 1.85. The quantitative estimate of drug-likeness (QED) is 0.780. The van der Waals surface area contributed by atoms with Crippen molar-refractivity contribution in [1.29, 1.82) is 0 Å². The van der Waals surface area contributed by atoms with Gasteiger partial charge in [0.05, 0.1) is 6.10 Å². The summed E-state index contributed by atoms with van der Waals surface area (Å²) >= 11 is 0. The van der Waals surface area contributed by atoms with Crippen molar-refractivity contribution in [2.24, 2.45) is 0 Å². The number of hydrogen-bond donors (Lipinski definition) is 2. The Balaban J connectivity index is 2.70. The smallest absolute Gasteiger partial charge is 0.119 e. The van der Waals surface area contributed by atoms with Gasteiger partial charge in [-0.1, -0.05) is 25.1 Å². The lowest BCUT2D eigenvalue weighted by Crippen LogP contribution is -2.04. The van der Waals surface area contributed by atoms with Gasteiger partial charge in [-0.3, -0.25) is 0 Å². The number of aliphatic hydroxyl groups excluding tert-OH is 1. The first kappa shape index (κ1) is 12.1. The summed E-state index contributed by atoms with van der Waals surface area (Å²) in [5.41, 5.74) is 1.00. The summed E-state index contributed by atoms with van der Waals surface area (Å²) in [7, 11) is 0. The van der Waals surface area contributed by atoms with Crippen LogP contribution < -0.4 is 0 Å². The van der Waals surface area contributed by atoms with E-state index in [1.165, 1.54) is 0 Å². The van der Waals surface area contributed by atoms with Crippen molar-refractivity contribution in [1.82, 2.24) is 0 Å². The third-order valence-corrected chi connectivity index (χ3v) is 2.80. The molecule has 2 atom stereocenters. The van der Waals surface area contributed by atoms with E-state index >= 15 is 0 Å². The lowest BCUT2D eigenvalue weighted by atomic mass is 9.90.